The van der Waals surface area contributed by atoms with Gasteiger partial charge in [-0.1, -0.05) is 6.07 Å². The van der Waals surface area contributed by atoms with Crippen LogP contribution in [0.3, 0.4) is 0 Å². The Morgan fingerprint density at radius 3 is 2.61 bits per heavy atom. The van der Waals surface area contributed by atoms with Crippen LogP contribution in [0, 0.1) is 18.6 Å². The number of aromatic nitrogens is 2. The molecule has 0 unspecified atom stereocenters. The first-order valence-electron chi connectivity index (χ1n) is 5.33. The molecule has 0 amide bonds. The Hall–Kier alpha value is -2.24. The van der Waals surface area contributed by atoms with Gasteiger partial charge in [-0.05, 0) is 24.6 Å². The summed E-state index contributed by atoms with van der Waals surface area (Å²) in [5, 5.41) is 5.41. The Bertz CT molecular complexity index is 572. The quantitative estimate of drug-likeness (QED) is 0.879. The summed E-state index contributed by atoms with van der Waals surface area (Å²) < 4.78 is 26.8. The van der Waals surface area contributed by atoms with Crippen LogP contribution in [0.1, 0.15) is 5.56 Å². The van der Waals surface area contributed by atoms with Crippen molar-refractivity contribution in [3.63, 3.8) is 0 Å². The topological polar surface area (TPSA) is 49.8 Å². The van der Waals surface area contributed by atoms with Gasteiger partial charge in [0.25, 0.3) is 0 Å². The van der Waals surface area contributed by atoms with E-state index in [0.29, 0.717) is 11.3 Å². The average molecular weight is 250 g/mol. The van der Waals surface area contributed by atoms with Crippen molar-refractivity contribution in [2.75, 3.05) is 17.7 Å². The highest BCUT2D eigenvalue weighted by Crippen LogP contribution is 2.20. The van der Waals surface area contributed by atoms with Crippen LogP contribution in [-0.4, -0.2) is 17.0 Å². The molecular formula is C12H12F2N4. The molecular weight excluding hydrogens is 238 g/mol. The third kappa shape index (κ3) is 2.53. The molecule has 0 saturated carbocycles. The molecule has 1 heterocycles. The van der Waals surface area contributed by atoms with Crippen molar-refractivity contribution in [2.45, 2.75) is 6.92 Å². The summed E-state index contributed by atoms with van der Waals surface area (Å²) in [5.41, 5.74) is 0.956. The summed E-state index contributed by atoms with van der Waals surface area (Å²) in [5.74, 6) is -0.678. The Kier molecular flexibility index (Phi) is 3.36. The van der Waals surface area contributed by atoms with Gasteiger partial charge in [0.15, 0.2) is 11.6 Å². The van der Waals surface area contributed by atoms with Gasteiger partial charge < -0.3 is 10.6 Å². The second-order valence-corrected chi connectivity index (χ2v) is 3.73. The number of halogens is 2. The molecule has 0 saturated heterocycles. The van der Waals surface area contributed by atoms with E-state index in [9.17, 15) is 8.78 Å². The van der Waals surface area contributed by atoms with Crippen LogP contribution in [0.4, 0.5) is 26.2 Å². The Morgan fingerprint density at radius 1 is 1.17 bits per heavy atom. The van der Waals surface area contributed by atoms with Crippen molar-refractivity contribution in [1.82, 2.24) is 9.97 Å². The predicted molar refractivity (Wildman–Crippen MR) is 66.0 cm³/mol. The summed E-state index contributed by atoms with van der Waals surface area (Å²) in [6, 6.07) is 4.55. The van der Waals surface area contributed by atoms with Gasteiger partial charge in [0, 0.05) is 12.7 Å². The van der Waals surface area contributed by atoms with E-state index in [4.69, 9.17) is 0 Å². The fraction of sp³-hybridized carbons (Fsp3) is 0.167. The number of nitrogens with one attached hydrogen (secondary N) is 2. The number of anilines is 3. The van der Waals surface area contributed by atoms with Gasteiger partial charge in [-0.15, -0.1) is 0 Å². The molecule has 2 N–H and O–H groups in total. The Balaban J connectivity index is 2.30. The number of nitrogens with zero attached hydrogens (tertiary/aromatic N) is 2. The molecule has 0 bridgehead atoms. The van der Waals surface area contributed by atoms with E-state index < -0.39 is 5.82 Å². The van der Waals surface area contributed by atoms with E-state index in [1.54, 1.807) is 26.1 Å². The molecule has 6 heteroatoms. The van der Waals surface area contributed by atoms with Crippen molar-refractivity contribution in [3.8, 4) is 0 Å². The van der Waals surface area contributed by atoms with Crippen LogP contribution in [0.5, 0.6) is 0 Å². The molecule has 0 fully saturated rings. The maximum Gasteiger partial charge on any atom is 0.224 e. The summed E-state index contributed by atoms with van der Waals surface area (Å²) in [6.45, 7) is 1.66. The van der Waals surface area contributed by atoms with Crippen LogP contribution in [0.25, 0.3) is 0 Å². The smallest absolute Gasteiger partial charge is 0.224 e. The highest BCUT2D eigenvalue weighted by molar-refractivity contribution is 5.57. The van der Waals surface area contributed by atoms with Crippen LogP contribution < -0.4 is 10.6 Å². The highest BCUT2D eigenvalue weighted by Gasteiger charge is 2.07. The van der Waals surface area contributed by atoms with Crippen molar-refractivity contribution >= 4 is 17.5 Å². The SMILES string of the molecule is CNc1ncc(F)c(Nc2ccc(C)c(F)c2)n1. The second kappa shape index (κ2) is 4.95. The van der Waals surface area contributed by atoms with Crippen molar-refractivity contribution in [3.05, 3.63) is 41.6 Å². The molecule has 4 nitrogen and oxygen atoms in total. The van der Waals surface area contributed by atoms with Gasteiger partial charge in [-0.2, -0.15) is 4.98 Å². The van der Waals surface area contributed by atoms with Gasteiger partial charge in [-0.25, -0.2) is 13.8 Å². The van der Waals surface area contributed by atoms with Crippen molar-refractivity contribution in [2.24, 2.45) is 0 Å². The lowest BCUT2D eigenvalue weighted by atomic mass is 10.2. The molecule has 0 atom stereocenters. The fourth-order valence-electron chi connectivity index (χ4n) is 1.38. The number of benzene rings is 1. The van der Waals surface area contributed by atoms with E-state index in [2.05, 4.69) is 20.6 Å². The van der Waals surface area contributed by atoms with E-state index >= 15 is 0 Å². The maximum absolute atomic E-state index is 13.5. The minimum atomic E-state index is -0.602. The zero-order valence-electron chi connectivity index (χ0n) is 9.96. The first-order chi connectivity index (χ1) is 8.60. The standard InChI is InChI=1S/C12H12F2N4/c1-7-3-4-8(5-9(7)13)17-11-10(14)6-16-12(15-2)18-11/h3-6H,1-2H3,(H2,15,16,17,18). The molecule has 18 heavy (non-hydrogen) atoms. The molecule has 2 aromatic rings. The number of rotatable bonds is 3. The summed E-state index contributed by atoms with van der Waals surface area (Å²) in [6.07, 6.45) is 1.05. The van der Waals surface area contributed by atoms with Crippen molar-refractivity contribution < 1.29 is 8.78 Å². The molecule has 1 aromatic carbocycles. The highest BCUT2D eigenvalue weighted by atomic mass is 19.1. The van der Waals surface area contributed by atoms with Gasteiger partial charge in [0.1, 0.15) is 5.82 Å². The summed E-state index contributed by atoms with van der Waals surface area (Å²) >= 11 is 0. The van der Waals surface area contributed by atoms with Gasteiger partial charge in [-0.3, -0.25) is 0 Å². The van der Waals surface area contributed by atoms with Gasteiger partial charge in [0.2, 0.25) is 5.95 Å². The molecule has 0 aliphatic carbocycles. The first kappa shape index (κ1) is 12.2. The maximum atomic E-state index is 13.5. The Labute approximate surface area is 103 Å². The fourth-order valence-corrected chi connectivity index (χ4v) is 1.38. The number of hydrogen-bond acceptors (Lipinski definition) is 4. The lowest BCUT2D eigenvalue weighted by molar-refractivity contribution is 0.616. The van der Waals surface area contributed by atoms with Gasteiger partial charge in [0.05, 0.1) is 6.20 Å². The molecule has 0 aliphatic heterocycles. The minimum absolute atomic E-state index is 0.00222. The molecule has 94 valence electrons. The van der Waals surface area contributed by atoms with Crippen molar-refractivity contribution in [1.29, 1.82) is 0 Å². The predicted octanol–water partition coefficient (Wildman–Crippen LogP) is 2.85. The van der Waals surface area contributed by atoms with Crippen LogP contribution in [0.15, 0.2) is 24.4 Å². The minimum Gasteiger partial charge on any atom is -0.357 e. The van der Waals surface area contributed by atoms with Crippen LogP contribution in [-0.2, 0) is 0 Å². The molecule has 0 radical (unpaired) electrons. The lowest BCUT2D eigenvalue weighted by Crippen LogP contribution is -2.03. The average Bonchev–Trinajstić information content (AvgIpc) is 2.36. The zero-order chi connectivity index (χ0) is 13.1. The van der Waals surface area contributed by atoms with E-state index in [1.165, 1.54) is 6.07 Å². The first-order valence-corrected chi connectivity index (χ1v) is 5.33. The van der Waals surface area contributed by atoms with Crippen LogP contribution in [0.2, 0.25) is 0 Å². The van der Waals surface area contributed by atoms with Crippen LogP contribution >= 0.6 is 0 Å². The summed E-state index contributed by atoms with van der Waals surface area (Å²) in [4.78, 5) is 7.63. The molecule has 0 spiro atoms. The number of hydrogen-bond donors (Lipinski definition) is 2. The largest absolute Gasteiger partial charge is 0.357 e. The monoisotopic (exact) mass is 250 g/mol. The lowest BCUT2D eigenvalue weighted by Gasteiger charge is -2.08. The number of aryl methyl sites for hydroxylation is 1. The third-order valence-corrected chi connectivity index (χ3v) is 2.40. The second-order valence-electron chi connectivity index (χ2n) is 3.73. The van der Waals surface area contributed by atoms with E-state index in [1.807, 2.05) is 0 Å². The summed E-state index contributed by atoms with van der Waals surface area (Å²) in [7, 11) is 1.63. The molecule has 2 rings (SSSR count). The molecule has 0 aliphatic rings. The third-order valence-electron chi connectivity index (χ3n) is 2.40. The zero-order valence-corrected chi connectivity index (χ0v) is 9.96. The van der Waals surface area contributed by atoms with Gasteiger partial charge >= 0.3 is 0 Å². The Morgan fingerprint density at radius 2 is 1.94 bits per heavy atom. The normalized spacial score (nSPS) is 10.2. The van der Waals surface area contributed by atoms with E-state index in [0.717, 1.165) is 6.20 Å². The molecule has 1 aromatic heterocycles. The van der Waals surface area contributed by atoms with E-state index in [-0.39, 0.29) is 17.6 Å².